The van der Waals surface area contributed by atoms with Crippen LogP contribution in [0.5, 0.6) is 0 Å². The molecule has 0 spiro atoms. The van der Waals surface area contributed by atoms with Gasteiger partial charge in [-0.3, -0.25) is 9.78 Å². The van der Waals surface area contributed by atoms with Gasteiger partial charge in [0.05, 0.1) is 11.9 Å². The minimum absolute atomic E-state index is 0.0500. The Morgan fingerprint density at radius 1 is 1.13 bits per heavy atom. The van der Waals surface area contributed by atoms with E-state index in [0.717, 1.165) is 28.8 Å². The van der Waals surface area contributed by atoms with Crippen molar-refractivity contribution in [3.05, 3.63) is 66.0 Å². The molecule has 38 heavy (non-hydrogen) atoms. The molecule has 0 radical (unpaired) electrons. The average Bonchev–Trinajstić information content (AvgIpc) is 3.37. The summed E-state index contributed by atoms with van der Waals surface area (Å²) in [4.78, 5) is 25.5. The number of ether oxygens (including phenoxy) is 1. The minimum atomic E-state index is -0.956. The summed E-state index contributed by atoms with van der Waals surface area (Å²) in [5.74, 6) is 0.244. The van der Waals surface area contributed by atoms with Gasteiger partial charge in [0.15, 0.2) is 5.65 Å². The molecule has 200 valence electrons. The second-order valence-corrected chi connectivity index (χ2v) is 9.33. The van der Waals surface area contributed by atoms with Crippen LogP contribution in [0.1, 0.15) is 31.9 Å². The summed E-state index contributed by atoms with van der Waals surface area (Å²) in [6.07, 6.45) is 3.35. The number of aromatic nitrogens is 5. The molecule has 11 nitrogen and oxygen atoms in total. The van der Waals surface area contributed by atoms with Crippen molar-refractivity contribution >= 4 is 23.5 Å². The Hall–Kier alpha value is -4.09. The molecular weight excluding hydrogens is 484 g/mol. The van der Waals surface area contributed by atoms with Gasteiger partial charge < -0.3 is 26.2 Å². The first-order valence-electron chi connectivity index (χ1n) is 12.7. The van der Waals surface area contributed by atoms with Crippen molar-refractivity contribution < 1.29 is 14.6 Å². The largest absolute Gasteiger partial charge is 0.462 e. The van der Waals surface area contributed by atoms with Gasteiger partial charge in [-0.1, -0.05) is 51.1 Å². The summed E-state index contributed by atoms with van der Waals surface area (Å²) < 4.78 is 6.80. The molecule has 0 aliphatic heterocycles. The van der Waals surface area contributed by atoms with Crippen LogP contribution in [-0.2, 0) is 22.5 Å². The number of anilines is 2. The molecule has 11 heteroatoms. The Morgan fingerprint density at radius 2 is 1.92 bits per heavy atom. The first-order valence-corrected chi connectivity index (χ1v) is 12.7. The molecule has 0 bridgehead atoms. The zero-order valence-electron chi connectivity index (χ0n) is 21.8. The van der Waals surface area contributed by atoms with Crippen LogP contribution < -0.4 is 16.4 Å². The molecule has 3 aromatic heterocycles. The van der Waals surface area contributed by atoms with Crippen molar-refractivity contribution in [3.8, 4) is 11.3 Å². The third kappa shape index (κ3) is 6.61. The number of hydrogen-bond donors (Lipinski definition) is 4. The summed E-state index contributed by atoms with van der Waals surface area (Å²) in [6, 6.07) is 13.3. The number of pyridine rings is 1. The molecule has 1 aromatic carbocycles. The van der Waals surface area contributed by atoms with Gasteiger partial charge in [-0.2, -0.15) is 19.6 Å². The Morgan fingerprint density at radius 3 is 2.61 bits per heavy atom. The smallest absolute Gasteiger partial charge is 0.323 e. The second-order valence-electron chi connectivity index (χ2n) is 9.33. The Bertz CT molecular complexity index is 1340. The van der Waals surface area contributed by atoms with E-state index in [4.69, 9.17) is 10.5 Å². The highest BCUT2D eigenvalue weighted by Gasteiger charge is 2.20. The average molecular weight is 519 g/mol. The van der Waals surface area contributed by atoms with Gasteiger partial charge >= 0.3 is 5.97 Å². The number of nitrogens with zero attached hydrogens (tertiary/aromatic N) is 5. The van der Waals surface area contributed by atoms with Gasteiger partial charge in [0.1, 0.15) is 18.8 Å². The third-order valence-electron chi connectivity index (χ3n) is 6.09. The van der Waals surface area contributed by atoms with E-state index in [1.807, 2.05) is 63.2 Å². The number of fused-ring (bicyclic) bond motifs is 1. The minimum Gasteiger partial charge on any atom is -0.462 e. The molecule has 0 amide bonds. The maximum Gasteiger partial charge on any atom is 0.323 e. The molecule has 0 unspecified atom stereocenters. The maximum atomic E-state index is 12.0. The van der Waals surface area contributed by atoms with Crippen LogP contribution in [0.2, 0.25) is 0 Å². The molecule has 0 fully saturated rings. The van der Waals surface area contributed by atoms with Gasteiger partial charge in [0.25, 0.3) is 0 Å². The topological polar surface area (TPSA) is 153 Å². The number of aryl methyl sites for hydroxylation is 1. The van der Waals surface area contributed by atoms with E-state index in [0.29, 0.717) is 24.1 Å². The number of benzene rings is 1. The quantitative estimate of drug-likeness (QED) is 0.206. The van der Waals surface area contributed by atoms with Crippen molar-refractivity contribution in [2.75, 3.05) is 23.8 Å². The molecule has 5 N–H and O–H groups in total. The molecule has 0 saturated carbocycles. The fourth-order valence-corrected chi connectivity index (χ4v) is 3.69. The van der Waals surface area contributed by atoms with E-state index >= 15 is 0 Å². The lowest BCUT2D eigenvalue weighted by atomic mass is 10.1. The standard InChI is InChI=1S/C27H34N8O3/c1-4-19-14-32-35-24(19)33-26(30-15-21(36)16-38-25(37)23(28)17(2)3)34-27(35)31-13-18-8-10-20(11-9-18)22-7-5-6-12-29-22/h5-12,14,17,21,23,36H,4,13,15-16,28H2,1-3H3,(H2,30,31,33,34)/t21-,23-/m1/s1. The van der Waals surface area contributed by atoms with Crippen LogP contribution >= 0.6 is 0 Å². The molecule has 3 heterocycles. The van der Waals surface area contributed by atoms with Crippen LogP contribution in [0.15, 0.2) is 54.9 Å². The van der Waals surface area contributed by atoms with Crippen molar-refractivity contribution in [2.24, 2.45) is 11.7 Å². The van der Waals surface area contributed by atoms with Crippen molar-refractivity contribution in [2.45, 2.75) is 45.9 Å². The van der Waals surface area contributed by atoms with E-state index in [2.05, 4.69) is 30.7 Å². The highest BCUT2D eigenvalue weighted by atomic mass is 16.5. The number of carbonyl (C=O) groups is 1. The van der Waals surface area contributed by atoms with Gasteiger partial charge in [-0.25, -0.2) is 0 Å². The predicted octanol–water partition coefficient (Wildman–Crippen LogP) is 2.66. The van der Waals surface area contributed by atoms with Crippen molar-refractivity contribution in [1.29, 1.82) is 0 Å². The van der Waals surface area contributed by atoms with Gasteiger partial charge in [-0.15, -0.1) is 0 Å². The number of hydrogen-bond acceptors (Lipinski definition) is 10. The number of nitrogens with one attached hydrogen (secondary N) is 2. The zero-order chi connectivity index (χ0) is 27.1. The summed E-state index contributed by atoms with van der Waals surface area (Å²) in [7, 11) is 0. The molecule has 0 aliphatic carbocycles. The molecule has 4 rings (SSSR count). The Balaban J connectivity index is 1.42. The predicted molar refractivity (Wildman–Crippen MR) is 145 cm³/mol. The van der Waals surface area contributed by atoms with Gasteiger partial charge in [0, 0.05) is 30.4 Å². The molecule has 4 aromatic rings. The number of aliphatic hydroxyl groups excluding tert-OH is 1. The first-order chi connectivity index (χ1) is 18.4. The van der Waals surface area contributed by atoms with Crippen molar-refractivity contribution in [3.63, 3.8) is 0 Å². The fourth-order valence-electron chi connectivity index (χ4n) is 3.69. The van der Waals surface area contributed by atoms with E-state index in [1.165, 1.54) is 0 Å². The van der Waals surface area contributed by atoms with Crippen LogP contribution in [0.3, 0.4) is 0 Å². The highest BCUT2D eigenvalue weighted by Crippen LogP contribution is 2.19. The van der Waals surface area contributed by atoms with Crippen molar-refractivity contribution in [1.82, 2.24) is 24.6 Å². The zero-order valence-corrected chi connectivity index (χ0v) is 21.8. The third-order valence-corrected chi connectivity index (χ3v) is 6.09. The summed E-state index contributed by atoms with van der Waals surface area (Å²) in [5.41, 5.74) is 10.5. The SMILES string of the molecule is CCc1cnn2c(NCc3ccc(-c4ccccn4)cc3)nc(NC[C@@H](O)COC(=O)[C@H](N)C(C)C)nc12. The van der Waals surface area contributed by atoms with Crippen LogP contribution in [0.4, 0.5) is 11.9 Å². The normalized spacial score (nSPS) is 12.9. The lowest BCUT2D eigenvalue weighted by Gasteiger charge is -2.17. The maximum absolute atomic E-state index is 12.0. The summed E-state index contributed by atoms with van der Waals surface area (Å²) >= 11 is 0. The lowest BCUT2D eigenvalue weighted by molar-refractivity contribution is -0.149. The molecule has 0 saturated heterocycles. The van der Waals surface area contributed by atoms with Crippen LogP contribution in [0.25, 0.3) is 16.9 Å². The number of rotatable bonds is 12. The van der Waals surface area contributed by atoms with E-state index in [1.54, 1.807) is 16.9 Å². The monoisotopic (exact) mass is 518 g/mol. The lowest BCUT2D eigenvalue weighted by Crippen LogP contribution is -2.39. The van der Waals surface area contributed by atoms with E-state index in [9.17, 15) is 9.90 Å². The van der Waals surface area contributed by atoms with Gasteiger partial charge in [-0.05, 0) is 30.0 Å². The Kier molecular flexibility index (Phi) is 8.82. The summed E-state index contributed by atoms with van der Waals surface area (Å²) in [6.45, 7) is 6.13. The molecule has 0 aliphatic rings. The highest BCUT2D eigenvalue weighted by molar-refractivity contribution is 5.75. The first kappa shape index (κ1) is 27.0. The summed E-state index contributed by atoms with van der Waals surface area (Å²) in [5, 5.41) is 21.1. The number of nitrogens with two attached hydrogens (primary N) is 1. The second kappa shape index (κ2) is 12.4. The van der Waals surface area contributed by atoms with Crippen LogP contribution in [0, 0.1) is 5.92 Å². The Labute approximate surface area is 221 Å². The fraction of sp³-hybridized carbons (Fsp3) is 0.370. The number of esters is 1. The molecule has 2 atom stereocenters. The van der Waals surface area contributed by atoms with Gasteiger partial charge in [0.2, 0.25) is 11.9 Å². The van der Waals surface area contributed by atoms with E-state index < -0.39 is 18.1 Å². The number of aliphatic hydroxyl groups is 1. The van der Waals surface area contributed by atoms with Crippen LogP contribution in [-0.4, -0.2) is 60.9 Å². The van der Waals surface area contributed by atoms with E-state index in [-0.39, 0.29) is 19.1 Å². The molecular formula is C27H34N8O3. The number of carbonyl (C=O) groups excluding carboxylic acids is 1.